The van der Waals surface area contributed by atoms with Gasteiger partial charge in [-0.15, -0.1) is 0 Å². The molecule has 0 amide bonds. The van der Waals surface area contributed by atoms with E-state index in [0.717, 1.165) is 16.7 Å². The van der Waals surface area contributed by atoms with Crippen LogP contribution in [0, 0.1) is 11.2 Å². The van der Waals surface area contributed by atoms with Gasteiger partial charge in [-0.2, -0.15) is 0 Å². The lowest BCUT2D eigenvalue weighted by molar-refractivity contribution is -0.146. The Morgan fingerprint density at radius 1 is 1.07 bits per heavy atom. The van der Waals surface area contributed by atoms with E-state index in [1.54, 1.807) is 38.2 Å². The van der Waals surface area contributed by atoms with Gasteiger partial charge in [0.05, 0.1) is 10.9 Å². The Bertz CT molecular complexity index is 952. The second-order valence-corrected chi connectivity index (χ2v) is 7.39. The normalized spacial score (nSPS) is 11.7. The molecular weight excluding hydrogens is 343 g/mol. The summed E-state index contributed by atoms with van der Waals surface area (Å²) in [7, 11) is 0. The van der Waals surface area contributed by atoms with Crippen LogP contribution >= 0.6 is 0 Å². The van der Waals surface area contributed by atoms with Crippen molar-refractivity contribution in [3.63, 3.8) is 0 Å². The van der Waals surface area contributed by atoms with Crippen LogP contribution in [-0.4, -0.2) is 16.1 Å². The molecule has 0 aliphatic carbocycles. The van der Waals surface area contributed by atoms with Gasteiger partial charge in [-0.25, -0.2) is 4.39 Å². The minimum Gasteiger partial charge on any atom is -0.481 e. The van der Waals surface area contributed by atoms with Crippen LogP contribution < -0.4 is 5.32 Å². The minimum absolute atomic E-state index is 0.262. The maximum Gasteiger partial charge on any atom is 0.309 e. The van der Waals surface area contributed by atoms with Crippen LogP contribution in [0.15, 0.2) is 54.7 Å². The molecule has 5 heteroatoms. The molecule has 1 aromatic heterocycles. The van der Waals surface area contributed by atoms with Crippen molar-refractivity contribution in [3.8, 4) is 0 Å². The Morgan fingerprint density at radius 2 is 1.78 bits per heavy atom. The molecule has 3 rings (SSSR count). The van der Waals surface area contributed by atoms with Gasteiger partial charge in [-0.05, 0) is 55.2 Å². The molecule has 3 aromatic rings. The van der Waals surface area contributed by atoms with Crippen LogP contribution in [0.1, 0.15) is 30.5 Å². The molecular formula is C22H23FN2O2. The van der Waals surface area contributed by atoms with Crippen molar-refractivity contribution >= 4 is 16.9 Å². The van der Waals surface area contributed by atoms with E-state index in [4.69, 9.17) is 0 Å². The fraction of sp³-hybridized carbons (Fsp3) is 0.273. The maximum atomic E-state index is 13.9. The lowest BCUT2D eigenvalue weighted by Crippen LogP contribution is -2.26. The maximum absolute atomic E-state index is 13.9. The van der Waals surface area contributed by atoms with Crippen LogP contribution in [0.3, 0.4) is 0 Å². The van der Waals surface area contributed by atoms with E-state index >= 15 is 0 Å². The lowest BCUT2D eigenvalue weighted by atomic mass is 9.86. The summed E-state index contributed by atoms with van der Waals surface area (Å²) in [5, 5.41) is 13.1. The average molecular weight is 366 g/mol. The van der Waals surface area contributed by atoms with Gasteiger partial charge in [-0.1, -0.05) is 30.3 Å². The number of fused-ring (bicyclic) bond motifs is 1. The summed E-state index contributed by atoms with van der Waals surface area (Å²) in [5.41, 5.74) is 2.95. The van der Waals surface area contributed by atoms with Crippen molar-refractivity contribution in [2.24, 2.45) is 5.41 Å². The highest BCUT2D eigenvalue weighted by Gasteiger charge is 2.27. The van der Waals surface area contributed by atoms with Crippen molar-refractivity contribution in [2.45, 2.75) is 33.4 Å². The van der Waals surface area contributed by atoms with E-state index in [9.17, 15) is 14.3 Å². The van der Waals surface area contributed by atoms with E-state index in [1.165, 1.54) is 6.07 Å². The molecule has 2 aromatic carbocycles. The zero-order valence-corrected chi connectivity index (χ0v) is 15.5. The van der Waals surface area contributed by atoms with Gasteiger partial charge in [0, 0.05) is 24.7 Å². The van der Waals surface area contributed by atoms with Gasteiger partial charge in [0.1, 0.15) is 5.82 Å². The zero-order chi connectivity index (χ0) is 19.4. The topological polar surface area (TPSA) is 62.2 Å². The largest absolute Gasteiger partial charge is 0.481 e. The Labute approximate surface area is 158 Å². The summed E-state index contributed by atoms with van der Waals surface area (Å²) in [6.45, 7) is 4.70. The van der Waals surface area contributed by atoms with Crippen LogP contribution in [0.4, 0.5) is 4.39 Å². The first-order valence-electron chi connectivity index (χ1n) is 8.91. The number of aromatic nitrogens is 1. The highest BCUT2D eigenvalue weighted by molar-refractivity contribution is 5.82. The Kier molecular flexibility index (Phi) is 5.51. The molecule has 0 saturated heterocycles. The number of aliphatic carboxylic acids is 1. The number of nitrogens with zero attached hydrogens (tertiary/aromatic N) is 1. The standard InChI is InChI=1S/C22H23FN2O2/c1-22(2,21(26)27)12-15-5-7-16(8-6-15)13-24-14-17-9-10-19(23)18-4-3-11-25-20(17)18/h3-11,24H,12-14H2,1-2H3,(H,26,27). The molecule has 0 atom stereocenters. The number of carbonyl (C=O) groups is 1. The SMILES string of the molecule is CC(C)(Cc1ccc(CNCc2ccc(F)c3cccnc23)cc1)C(=O)O. The molecule has 27 heavy (non-hydrogen) atoms. The van der Waals surface area contributed by atoms with E-state index in [2.05, 4.69) is 10.3 Å². The number of hydrogen-bond donors (Lipinski definition) is 2. The molecule has 0 bridgehead atoms. The van der Waals surface area contributed by atoms with E-state index in [0.29, 0.717) is 30.4 Å². The monoisotopic (exact) mass is 366 g/mol. The molecule has 0 saturated carbocycles. The summed E-state index contributed by atoms with van der Waals surface area (Å²) < 4.78 is 13.9. The molecule has 0 aliphatic heterocycles. The number of carboxylic acids is 1. The summed E-state index contributed by atoms with van der Waals surface area (Å²) in [6, 6.07) is 14.6. The second kappa shape index (κ2) is 7.84. The van der Waals surface area contributed by atoms with E-state index < -0.39 is 11.4 Å². The summed E-state index contributed by atoms with van der Waals surface area (Å²) in [5.74, 6) is -1.06. The average Bonchev–Trinajstić information content (AvgIpc) is 2.65. The van der Waals surface area contributed by atoms with Gasteiger partial charge in [-0.3, -0.25) is 9.78 Å². The number of benzene rings is 2. The van der Waals surface area contributed by atoms with Crippen molar-refractivity contribution < 1.29 is 14.3 Å². The molecule has 4 nitrogen and oxygen atoms in total. The molecule has 0 spiro atoms. The number of rotatable bonds is 7. The number of hydrogen-bond acceptors (Lipinski definition) is 3. The van der Waals surface area contributed by atoms with Gasteiger partial charge in [0.2, 0.25) is 0 Å². The fourth-order valence-electron chi connectivity index (χ4n) is 3.04. The third-order valence-electron chi connectivity index (χ3n) is 4.69. The third kappa shape index (κ3) is 4.49. The van der Waals surface area contributed by atoms with Gasteiger partial charge in [0.25, 0.3) is 0 Å². The van der Waals surface area contributed by atoms with Crippen molar-refractivity contribution in [1.82, 2.24) is 10.3 Å². The number of carboxylic acid groups (broad SMARTS) is 1. The first-order chi connectivity index (χ1) is 12.9. The molecule has 0 radical (unpaired) electrons. The van der Waals surface area contributed by atoms with E-state index in [1.807, 2.05) is 24.3 Å². The highest BCUT2D eigenvalue weighted by atomic mass is 19.1. The predicted octanol–water partition coefficient (Wildman–Crippen LogP) is 4.32. The van der Waals surface area contributed by atoms with Crippen molar-refractivity contribution in [3.05, 3.63) is 77.2 Å². The van der Waals surface area contributed by atoms with Crippen LogP contribution in [-0.2, 0) is 24.3 Å². The van der Waals surface area contributed by atoms with E-state index in [-0.39, 0.29) is 5.82 Å². The van der Waals surface area contributed by atoms with Gasteiger partial charge < -0.3 is 10.4 Å². The summed E-state index contributed by atoms with van der Waals surface area (Å²) >= 11 is 0. The Balaban J connectivity index is 1.62. The first-order valence-corrected chi connectivity index (χ1v) is 8.91. The summed E-state index contributed by atoms with van der Waals surface area (Å²) in [6.07, 6.45) is 2.16. The Morgan fingerprint density at radius 3 is 2.48 bits per heavy atom. The minimum atomic E-state index is -0.798. The smallest absolute Gasteiger partial charge is 0.309 e. The van der Waals surface area contributed by atoms with Crippen LogP contribution in [0.5, 0.6) is 0 Å². The number of nitrogens with one attached hydrogen (secondary N) is 1. The first kappa shape index (κ1) is 19.0. The zero-order valence-electron chi connectivity index (χ0n) is 15.5. The van der Waals surface area contributed by atoms with Gasteiger partial charge in [0.15, 0.2) is 0 Å². The molecule has 140 valence electrons. The second-order valence-electron chi connectivity index (χ2n) is 7.39. The molecule has 1 heterocycles. The fourth-order valence-corrected chi connectivity index (χ4v) is 3.04. The molecule has 0 aliphatic rings. The number of pyridine rings is 1. The quantitative estimate of drug-likeness (QED) is 0.654. The highest BCUT2D eigenvalue weighted by Crippen LogP contribution is 2.22. The lowest BCUT2D eigenvalue weighted by Gasteiger charge is -2.19. The van der Waals surface area contributed by atoms with Crippen molar-refractivity contribution in [2.75, 3.05) is 0 Å². The number of halogens is 1. The molecule has 2 N–H and O–H groups in total. The van der Waals surface area contributed by atoms with Crippen molar-refractivity contribution in [1.29, 1.82) is 0 Å². The molecule has 0 unspecified atom stereocenters. The van der Waals surface area contributed by atoms with Gasteiger partial charge >= 0.3 is 5.97 Å². The predicted molar refractivity (Wildman–Crippen MR) is 104 cm³/mol. The van der Waals surface area contributed by atoms with Crippen LogP contribution in [0.2, 0.25) is 0 Å². The molecule has 0 fully saturated rings. The Hall–Kier alpha value is -2.79. The summed E-state index contributed by atoms with van der Waals surface area (Å²) in [4.78, 5) is 15.5. The third-order valence-corrected chi connectivity index (χ3v) is 4.69. The van der Waals surface area contributed by atoms with Crippen LogP contribution in [0.25, 0.3) is 10.9 Å².